The molecule has 9 rings (SSSR count). The van der Waals surface area contributed by atoms with Gasteiger partial charge in [-0.25, -0.2) is 0 Å². The van der Waals surface area contributed by atoms with Crippen molar-refractivity contribution in [2.24, 2.45) is 50.2 Å². The highest BCUT2D eigenvalue weighted by molar-refractivity contribution is 5.79. The summed E-state index contributed by atoms with van der Waals surface area (Å²) in [5.74, 6) is -4.25. The van der Waals surface area contributed by atoms with Crippen molar-refractivity contribution >= 4 is 17.9 Å². The van der Waals surface area contributed by atoms with Crippen LogP contribution in [0.2, 0.25) is 0 Å². The molecule has 4 saturated heterocycles. The number of aliphatic hydroxyl groups excluding tert-OH is 12. The maximum absolute atomic E-state index is 15.5. The second-order valence-corrected chi connectivity index (χ2v) is 26.2. The van der Waals surface area contributed by atoms with Crippen LogP contribution in [0.4, 0.5) is 0 Å². The smallest absolute Gasteiger partial charge is 0.315 e. The van der Waals surface area contributed by atoms with Crippen molar-refractivity contribution in [2.45, 2.75) is 242 Å². The number of aliphatic carboxylic acids is 1. The fourth-order valence-corrected chi connectivity index (χ4v) is 16.7. The monoisotopic (exact) mass is 1150 g/mol. The summed E-state index contributed by atoms with van der Waals surface area (Å²) in [4.78, 5) is 41.7. The molecule has 0 aromatic heterocycles. The van der Waals surface area contributed by atoms with Crippen molar-refractivity contribution < 1.29 is 123 Å². The van der Waals surface area contributed by atoms with E-state index in [2.05, 4.69) is 26.8 Å². The molecule has 0 amide bonds. The van der Waals surface area contributed by atoms with Gasteiger partial charge in [0.1, 0.15) is 73.2 Å². The van der Waals surface area contributed by atoms with Gasteiger partial charge in [0.15, 0.2) is 31.1 Å². The lowest BCUT2D eigenvalue weighted by molar-refractivity contribution is -0.373. The van der Waals surface area contributed by atoms with Crippen LogP contribution < -0.4 is 0 Å². The molecule has 4 saturated carbocycles. The number of fused-ring (bicyclic) bond motifs is 7. The van der Waals surface area contributed by atoms with Crippen LogP contribution in [0.1, 0.15) is 113 Å². The summed E-state index contributed by atoms with van der Waals surface area (Å²) < 4.78 is 53.3. The van der Waals surface area contributed by atoms with E-state index in [1.54, 1.807) is 0 Å². The second kappa shape index (κ2) is 22.3. The number of hydrogen-bond acceptors (Lipinski definition) is 24. The highest BCUT2D eigenvalue weighted by Gasteiger charge is 2.74. The molecule has 13 N–H and O–H groups in total. The molecular weight excluding hydrogens is 1060 g/mol. The number of carboxylic acids is 1. The predicted molar refractivity (Wildman–Crippen MR) is 268 cm³/mol. The van der Waals surface area contributed by atoms with Crippen LogP contribution in [0.5, 0.6) is 0 Å². The van der Waals surface area contributed by atoms with E-state index < -0.39 is 199 Å². The van der Waals surface area contributed by atoms with Crippen molar-refractivity contribution in [2.75, 3.05) is 19.8 Å². The Morgan fingerprint density at radius 1 is 0.625 bits per heavy atom. The first-order chi connectivity index (χ1) is 37.4. The largest absolute Gasteiger partial charge is 0.481 e. The molecule has 4 heterocycles. The summed E-state index contributed by atoms with van der Waals surface area (Å²) in [6.45, 7) is 12.4. The van der Waals surface area contributed by atoms with Gasteiger partial charge in [-0.15, -0.1) is 0 Å². The number of hydrogen-bond donors (Lipinski definition) is 13. The van der Waals surface area contributed by atoms with Gasteiger partial charge in [-0.1, -0.05) is 39.3 Å². The first-order valence-corrected chi connectivity index (χ1v) is 28.3. The quantitative estimate of drug-likeness (QED) is 0.0585. The number of carboxylic acid groups (broad SMARTS) is 1. The molecule has 0 unspecified atom stereocenters. The summed E-state index contributed by atoms with van der Waals surface area (Å²) in [6, 6.07) is 0. The molecule has 25 nitrogen and oxygen atoms in total. The van der Waals surface area contributed by atoms with Crippen LogP contribution in [0, 0.1) is 50.2 Å². The Morgan fingerprint density at radius 2 is 1.24 bits per heavy atom. The molecule has 8 fully saturated rings. The number of esters is 2. The number of aliphatic hydroxyl groups is 12. The molecule has 0 aromatic rings. The van der Waals surface area contributed by atoms with E-state index in [0.717, 1.165) is 12.5 Å². The number of rotatable bonds is 12. The topological polar surface area (TPSA) is 397 Å². The molecule has 0 aromatic carbocycles. The number of ether oxygens (including phenoxy) is 9. The average Bonchev–Trinajstić information content (AvgIpc) is 1.89. The number of carbonyl (C=O) groups excluding carboxylic acids is 2. The van der Waals surface area contributed by atoms with E-state index in [9.17, 15) is 76.0 Å². The second-order valence-electron chi connectivity index (χ2n) is 26.2. The number of allylic oxidation sites excluding steroid dienone is 1. The van der Waals surface area contributed by atoms with Gasteiger partial charge in [0.2, 0.25) is 6.29 Å². The van der Waals surface area contributed by atoms with E-state index >= 15 is 4.79 Å². The fourth-order valence-electron chi connectivity index (χ4n) is 16.7. The normalized spacial score (nSPS) is 52.9. The maximum atomic E-state index is 15.5. The van der Waals surface area contributed by atoms with Crippen molar-refractivity contribution in [1.82, 2.24) is 0 Å². The first-order valence-electron chi connectivity index (χ1n) is 28.3. The highest BCUT2D eigenvalue weighted by Crippen LogP contribution is 2.76. The van der Waals surface area contributed by atoms with Crippen LogP contribution in [-0.4, -0.2) is 233 Å². The minimum absolute atomic E-state index is 0.0407. The Labute approximate surface area is 464 Å². The van der Waals surface area contributed by atoms with Crippen LogP contribution in [0.3, 0.4) is 0 Å². The average molecular weight is 1150 g/mol. The SMILES string of the molecule is CC(=O)O[C@@H]1[C@H](O)[C@@H](O[C@@H]2O[C@@H](C)[C@H](O[C@@H]3OC[C@@H](O)[C@H](O)[C@H]3O)[C@@H](O)[C@H]2O)[C@H](OC(=O)[C@]23CCC(C)(C)C[C@H]2C2=CC[C@@H]4[C@@]5(C)C[C@H](O)[C@H](O[C@@H]6O[C@H](CO)[C@@H](O)[C@H](O)[C@H]6O)[C@@](C)(C(=O)O)[C@@H]5CC[C@@]4(C)[C@]2(CO)CC3)O[C@@H]1C. The minimum atomic E-state index is -1.93. The van der Waals surface area contributed by atoms with Crippen molar-refractivity contribution in [3.8, 4) is 0 Å². The zero-order valence-electron chi connectivity index (χ0n) is 46.6. The van der Waals surface area contributed by atoms with Crippen LogP contribution in [0.25, 0.3) is 0 Å². The Hall–Kier alpha value is -2.61. The van der Waals surface area contributed by atoms with Crippen LogP contribution in [0.15, 0.2) is 11.6 Å². The van der Waals surface area contributed by atoms with Gasteiger partial charge in [0.05, 0.1) is 49.0 Å². The third-order valence-corrected chi connectivity index (χ3v) is 21.2. The van der Waals surface area contributed by atoms with Gasteiger partial charge in [-0.05, 0) is 113 Å². The zero-order chi connectivity index (χ0) is 58.7. The van der Waals surface area contributed by atoms with Gasteiger partial charge in [0, 0.05) is 12.3 Å². The molecule has 29 atom stereocenters. The summed E-state index contributed by atoms with van der Waals surface area (Å²) in [7, 11) is 0. The van der Waals surface area contributed by atoms with Gasteiger partial charge < -0.3 is 109 Å². The zero-order valence-corrected chi connectivity index (χ0v) is 46.6. The van der Waals surface area contributed by atoms with Crippen LogP contribution in [-0.2, 0) is 57.0 Å². The summed E-state index contributed by atoms with van der Waals surface area (Å²) >= 11 is 0. The molecule has 0 spiro atoms. The summed E-state index contributed by atoms with van der Waals surface area (Å²) in [5.41, 5.74) is -5.09. The van der Waals surface area contributed by atoms with E-state index in [1.807, 2.05) is 6.92 Å². The minimum Gasteiger partial charge on any atom is -0.481 e. The van der Waals surface area contributed by atoms with Crippen LogP contribution >= 0.6 is 0 Å². The molecule has 25 heteroatoms. The lowest BCUT2D eigenvalue weighted by Crippen LogP contribution is -2.71. The molecular formula is C55H86O25. The Bertz CT molecular complexity index is 2300. The third-order valence-electron chi connectivity index (χ3n) is 21.2. The predicted octanol–water partition coefficient (Wildman–Crippen LogP) is -1.76. The Morgan fingerprint density at radius 3 is 1.89 bits per heavy atom. The molecule has 80 heavy (non-hydrogen) atoms. The van der Waals surface area contributed by atoms with Crippen molar-refractivity contribution in [3.05, 3.63) is 11.6 Å². The molecule has 0 bridgehead atoms. The van der Waals surface area contributed by atoms with E-state index in [4.69, 9.17) is 42.6 Å². The van der Waals surface area contributed by atoms with Crippen molar-refractivity contribution in [1.29, 1.82) is 0 Å². The van der Waals surface area contributed by atoms with E-state index in [1.165, 1.54) is 20.8 Å². The lowest BCUT2D eigenvalue weighted by Gasteiger charge is -2.71. The highest BCUT2D eigenvalue weighted by atomic mass is 16.8. The van der Waals surface area contributed by atoms with Crippen molar-refractivity contribution in [3.63, 3.8) is 0 Å². The van der Waals surface area contributed by atoms with E-state index in [0.29, 0.717) is 44.9 Å². The van der Waals surface area contributed by atoms with Gasteiger partial charge in [-0.2, -0.15) is 0 Å². The van der Waals surface area contributed by atoms with E-state index in [-0.39, 0.29) is 30.8 Å². The fraction of sp³-hybridized carbons (Fsp3) is 0.909. The molecule has 456 valence electrons. The molecule has 4 aliphatic heterocycles. The lowest BCUT2D eigenvalue weighted by atomic mass is 9.33. The Balaban J connectivity index is 0.995. The van der Waals surface area contributed by atoms with Gasteiger partial charge >= 0.3 is 17.9 Å². The van der Waals surface area contributed by atoms with Gasteiger partial charge in [-0.3, -0.25) is 14.4 Å². The molecule has 5 aliphatic carbocycles. The third kappa shape index (κ3) is 9.89. The first kappa shape index (κ1) is 61.9. The number of carbonyl (C=O) groups is 3. The molecule has 0 radical (unpaired) electrons. The standard InChI is InChI=1S/C55H86O25/c1-22-40(77-44-36(65)32(61)28(60)20-72-44)35(64)38(67)45(73-22)78-42-39(68)41(75-24(3)58)23(2)74-47(42)80-49(71)54-14-13-50(4,5)17-26(54)25-9-10-30-51(6)18-27(59)43(79-46-37(66)34(63)33(62)29(19-56)76-46)53(8,48(69)70)31(51)11-12-52(30,7)55(25,21-57)16-15-54/h9,22-23,26-47,56-57,59-68H,10-21H2,1-8H3,(H,69,70)/t22-,23+,26-,27-,28+,29+,30+,31+,32-,33+,34-,35-,36+,37+,38+,39-,40-,41-,42+,43-,44-,45-,46-,47-,51+,52+,53-,54-,55-/m0/s1. The summed E-state index contributed by atoms with van der Waals surface area (Å²) in [5, 5.41) is 143. The molecule has 9 aliphatic rings. The Kier molecular flexibility index (Phi) is 17.3. The summed E-state index contributed by atoms with van der Waals surface area (Å²) in [6.07, 6.45) is -28.2. The maximum Gasteiger partial charge on any atom is 0.315 e. The van der Waals surface area contributed by atoms with Gasteiger partial charge in [0.25, 0.3) is 0 Å².